The van der Waals surface area contributed by atoms with Crippen molar-refractivity contribution in [3.05, 3.63) is 114 Å². The number of aliphatic carboxylic acids is 3. The number of carboxylic acid groups (broad SMARTS) is 3. The molecule has 790 valence electrons. The summed E-state index contributed by atoms with van der Waals surface area (Å²) in [5.74, 6) is -28.0. The average molecular weight is 2090 g/mol. The number of guanidine groups is 1. The summed E-state index contributed by atoms with van der Waals surface area (Å²) in [5, 5.41) is 82.0. The highest BCUT2D eigenvalue weighted by molar-refractivity contribution is 7.89. The Morgan fingerprint density at radius 3 is 1.43 bits per heavy atom. The number of nitrogens with one attached hydrogen (secondary N) is 15. The second-order valence-corrected chi connectivity index (χ2v) is 38.9. The number of aliphatic hydroxyl groups excluding tert-OH is 1. The Kier molecular flexibility index (Phi) is 44.2. The summed E-state index contributed by atoms with van der Waals surface area (Å²) in [5.41, 5.74) is 30.1. The highest BCUT2D eigenvalue weighted by Crippen LogP contribution is 2.39. The number of primary amides is 2. The van der Waals surface area contributed by atoms with Crippen LogP contribution in [0, 0.1) is 17.2 Å². The van der Waals surface area contributed by atoms with Crippen molar-refractivity contribution in [3.63, 3.8) is 0 Å². The first-order chi connectivity index (χ1) is 67.8. The maximum absolute atomic E-state index is 14.8. The average Bonchev–Trinajstić information content (AvgIpc) is 0.717. The van der Waals surface area contributed by atoms with E-state index in [-0.39, 0.29) is 60.7 Å². The van der Waals surface area contributed by atoms with Gasteiger partial charge in [0, 0.05) is 69.3 Å². The Bertz CT molecular complexity index is 6060. The molecule has 0 saturated carbocycles. The van der Waals surface area contributed by atoms with Crippen molar-refractivity contribution in [1.82, 2.24) is 79.0 Å². The molecule has 12 atom stereocenters. The highest BCUT2D eigenvalue weighted by atomic mass is 32.2. The number of carbonyl (C=O) groups is 19. The molecular formula is C87H118N24O31S3. The number of hydrogen-bond donors (Lipinski definition) is 26. The van der Waals surface area contributed by atoms with Crippen LogP contribution >= 0.6 is 0 Å². The number of nitrogen functional groups attached to an aromatic ring is 1. The van der Waals surface area contributed by atoms with E-state index in [2.05, 4.69) is 78.8 Å². The number of imide groups is 1. The molecule has 0 bridgehead atoms. The number of carboxylic acids is 3. The third-order valence-corrected chi connectivity index (χ3v) is 25.1. The van der Waals surface area contributed by atoms with Crippen LogP contribution in [0.1, 0.15) is 151 Å². The van der Waals surface area contributed by atoms with Gasteiger partial charge in [-0.3, -0.25) is 111 Å². The molecule has 0 aromatic heterocycles. The van der Waals surface area contributed by atoms with Gasteiger partial charge in [-0.15, -0.1) is 0 Å². The predicted molar refractivity (Wildman–Crippen MR) is 511 cm³/mol. The van der Waals surface area contributed by atoms with Gasteiger partial charge in [-0.05, 0) is 142 Å². The minimum atomic E-state index is -5.39. The zero-order valence-corrected chi connectivity index (χ0v) is 81.8. The van der Waals surface area contributed by atoms with Gasteiger partial charge in [-0.2, -0.15) is 32.1 Å². The monoisotopic (exact) mass is 2090 g/mol. The molecular weight excluding hydrogens is 1970 g/mol. The first-order valence-corrected chi connectivity index (χ1v) is 49.0. The number of benzene rings is 5. The Labute approximate surface area is 829 Å². The summed E-state index contributed by atoms with van der Waals surface area (Å²) in [6.45, 7) is 5.41. The lowest BCUT2D eigenvalue weighted by Crippen LogP contribution is -2.62. The standard InChI is InChI=1S/C87H118N24O31S3/c1-42(2)34-59(101-81(129)61(39-66(90)114)104-84(132)72(43(3)4)106-77(125)57(28-31-68(117)118)99-82(130)63(41-112)105-74(122)54(88)16-11-12-33-95-143(135,136)49-24-20-47(21-25-49)108-107-46-18-22-48(23-19-46)110(6)7)79(127)103-62(40-69(119)120)78(126)96-44(5)73(121)97-56(27-30-67(115)116)76(124)102-60(35-45-14-9-8-10-15-45)80(128)98-55(17-13-32-94-87(92)93)75(123)100-58(26-29-65(89)113)83(131)109-111-85(133)52-37-50(144(137,138)139)36-51-70(52)53(86(111)134)38-64(71(51)91)145(140,141)142/h8-10,14-15,18-25,36-38,42-44,54-63,72,95,112H,11-13,16-17,26-35,39-41,88,91H2,1-7H3,(H2,89,113)(H2,90,114)(H,96,126)(H,97,121)(H,98,128)(H,99,130)(H,100,123)(H,101,129)(H,102,124)(H,103,127)(H,104,132)(H,105,122)(H,106,125)(H,109,131)(H,115,116)(H,117,118)(H,119,120)(H4,92,93,94)(H,137,138,139)(H,140,141,142). The Morgan fingerprint density at radius 2 is 0.924 bits per heavy atom. The van der Waals surface area contributed by atoms with Crippen LogP contribution in [-0.2, 0) is 118 Å². The van der Waals surface area contributed by atoms with Crippen molar-refractivity contribution in [2.45, 2.75) is 218 Å². The second-order valence-electron chi connectivity index (χ2n) is 34.3. The third kappa shape index (κ3) is 36.8. The molecule has 0 fully saturated rings. The third-order valence-electron chi connectivity index (χ3n) is 21.9. The highest BCUT2D eigenvalue weighted by Gasteiger charge is 2.43. The van der Waals surface area contributed by atoms with E-state index in [1.165, 1.54) is 76.2 Å². The largest absolute Gasteiger partial charge is 0.481 e. The molecule has 145 heavy (non-hydrogen) atoms. The quantitative estimate of drug-likeness (QED) is 0.00331. The fourth-order valence-corrected chi connectivity index (χ4v) is 16.5. The van der Waals surface area contributed by atoms with E-state index in [0.29, 0.717) is 29.6 Å². The number of hydrogen-bond acceptors (Lipinski definition) is 32. The molecule has 6 rings (SSSR count). The number of amides is 16. The molecule has 0 radical (unpaired) electrons. The van der Waals surface area contributed by atoms with E-state index < -0.39 is 341 Å². The van der Waals surface area contributed by atoms with Gasteiger partial charge in [0.05, 0.1) is 63.5 Å². The van der Waals surface area contributed by atoms with Crippen LogP contribution < -0.4 is 108 Å². The van der Waals surface area contributed by atoms with E-state index in [9.17, 15) is 146 Å². The van der Waals surface area contributed by atoms with Gasteiger partial charge in [0.25, 0.3) is 38.0 Å². The number of nitrogens with two attached hydrogens (primary N) is 5. The smallest absolute Gasteiger partial charge is 0.305 e. The molecule has 12 unspecified atom stereocenters. The summed E-state index contributed by atoms with van der Waals surface area (Å²) in [6, 6.07) is -0.526. The van der Waals surface area contributed by atoms with Crippen molar-refractivity contribution >= 4 is 182 Å². The lowest BCUT2D eigenvalue weighted by Gasteiger charge is -2.30. The molecule has 55 nitrogen and oxygen atoms in total. The van der Waals surface area contributed by atoms with Crippen LogP contribution in [0.5, 0.6) is 0 Å². The number of sulfonamides is 1. The molecule has 0 spiro atoms. The van der Waals surface area contributed by atoms with Crippen LogP contribution in [0.4, 0.5) is 22.7 Å². The van der Waals surface area contributed by atoms with Crippen molar-refractivity contribution in [3.8, 4) is 0 Å². The molecule has 0 aliphatic carbocycles. The van der Waals surface area contributed by atoms with Gasteiger partial charge in [0.1, 0.15) is 71.4 Å². The van der Waals surface area contributed by atoms with Crippen molar-refractivity contribution in [2.24, 2.45) is 45.0 Å². The van der Waals surface area contributed by atoms with Crippen molar-refractivity contribution in [2.75, 3.05) is 44.4 Å². The number of hydrazine groups is 1. The molecule has 16 amide bonds. The lowest BCUT2D eigenvalue weighted by molar-refractivity contribution is -0.142. The van der Waals surface area contributed by atoms with Gasteiger partial charge in [-0.1, -0.05) is 64.4 Å². The van der Waals surface area contributed by atoms with Gasteiger partial charge < -0.3 is 118 Å². The maximum Gasteiger partial charge on any atom is 0.305 e. The topological polar surface area (TPSA) is 902 Å². The second kappa shape index (κ2) is 54.2. The summed E-state index contributed by atoms with van der Waals surface area (Å²) in [7, 11) is -10.9. The minimum absolute atomic E-state index is 0.0745. The van der Waals surface area contributed by atoms with E-state index in [0.717, 1.165) is 12.6 Å². The van der Waals surface area contributed by atoms with E-state index in [1.807, 2.05) is 36.6 Å². The van der Waals surface area contributed by atoms with Gasteiger partial charge in [-0.25, -0.2) is 13.1 Å². The van der Waals surface area contributed by atoms with E-state index in [4.69, 9.17) is 34.1 Å². The van der Waals surface area contributed by atoms with E-state index in [1.54, 1.807) is 18.2 Å². The Hall–Kier alpha value is -15.4. The van der Waals surface area contributed by atoms with Crippen molar-refractivity contribution in [1.29, 1.82) is 5.41 Å². The summed E-state index contributed by atoms with van der Waals surface area (Å²) < 4.78 is 98.7. The lowest BCUT2D eigenvalue weighted by atomic mass is 9.93. The van der Waals surface area contributed by atoms with Crippen LogP contribution in [0.15, 0.2) is 122 Å². The number of anilines is 2. The molecule has 5 aromatic rings. The molecule has 1 aliphatic rings. The normalized spacial score (nSPS) is 14.5. The molecule has 58 heteroatoms. The first-order valence-electron chi connectivity index (χ1n) is 44.7. The summed E-state index contributed by atoms with van der Waals surface area (Å²) >= 11 is 0. The fourth-order valence-electron chi connectivity index (χ4n) is 14.2. The SMILES string of the molecule is CC(C)CC(NC(=O)C(CC(N)=O)NC(=O)C(NC(=O)C(CCC(=O)O)NC(=O)C(CO)NC(=O)C(N)CCCCNS(=O)(=O)c1ccc(N=Nc2ccc(N(C)C)cc2)cc1)C(C)C)C(=O)NC(CC(=O)O)C(=O)NC(C)C(=O)NC(CCC(=O)O)C(=O)NC(Cc1ccccc1)C(=O)NC(CCCNC(=N)N)C(=O)NC(CCC(N)=O)C(=O)NN1C(=O)c2cc(S(=O)(=O)O)cc3c(N)c(S(=O)(=O)O)cc(c23)C1=O. The predicted octanol–water partition coefficient (Wildman–Crippen LogP) is -4.60. The molecule has 1 heterocycles. The van der Waals surface area contributed by atoms with E-state index >= 15 is 0 Å². The summed E-state index contributed by atoms with van der Waals surface area (Å²) in [6.07, 6.45) is -8.27. The number of nitrogens with zero attached hydrogens (tertiary/aromatic N) is 4. The number of aliphatic hydroxyl groups is 1. The number of unbranched alkanes of at least 4 members (excludes halogenated alkanes) is 1. The Morgan fingerprint density at radius 1 is 0.462 bits per heavy atom. The molecule has 1 aliphatic heterocycles. The fraction of sp³-hybridized carbons (Fsp3) is 0.448. The maximum atomic E-state index is 14.8. The van der Waals surface area contributed by atoms with Crippen LogP contribution in [0.3, 0.4) is 0 Å². The van der Waals surface area contributed by atoms with Crippen LogP contribution in [-0.4, -0.2) is 284 Å². The molecule has 31 N–H and O–H groups in total. The zero-order valence-electron chi connectivity index (χ0n) is 79.3. The van der Waals surface area contributed by atoms with Crippen LogP contribution in [0.2, 0.25) is 0 Å². The number of azo groups is 1. The van der Waals surface area contributed by atoms with Gasteiger partial charge >= 0.3 is 17.9 Å². The Balaban J connectivity index is 1.13. The van der Waals surface area contributed by atoms with Gasteiger partial charge in [0.15, 0.2) is 5.96 Å². The zero-order chi connectivity index (χ0) is 109. The summed E-state index contributed by atoms with van der Waals surface area (Å²) in [4.78, 5) is 260. The minimum Gasteiger partial charge on any atom is -0.481 e. The van der Waals surface area contributed by atoms with Gasteiger partial charge in [0.2, 0.25) is 86.8 Å². The van der Waals surface area contributed by atoms with Crippen LogP contribution in [0.25, 0.3) is 10.8 Å². The number of carbonyl (C=O) groups excluding carboxylic acids is 16. The molecule has 0 saturated heterocycles. The first kappa shape index (κ1) is 118. The van der Waals surface area contributed by atoms with Crippen molar-refractivity contribution < 1.29 is 146 Å². The number of rotatable bonds is 59. The molecule has 5 aromatic carbocycles.